The summed E-state index contributed by atoms with van der Waals surface area (Å²) in [6, 6.07) is 14.2. The Kier molecular flexibility index (Phi) is 12.5. The minimum absolute atomic E-state index is 0.0897. The van der Waals surface area contributed by atoms with Crippen molar-refractivity contribution in [3.8, 4) is 5.75 Å². The highest BCUT2D eigenvalue weighted by Crippen LogP contribution is 2.45. The van der Waals surface area contributed by atoms with Crippen LogP contribution in [0.25, 0.3) is 0 Å². The van der Waals surface area contributed by atoms with Gasteiger partial charge in [0, 0.05) is 24.8 Å². The van der Waals surface area contributed by atoms with Gasteiger partial charge in [0.2, 0.25) is 5.91 Å². The van der Waals surface area contributed by atoms with E-state index in [1.54, 1.807) is 12.1 Å². The Morgan fingerprint density at radius 3 is 2.23 bits per heavy atom. The maximum Gasteiger partial charge on any atom is 0.407 e. The van der Waals surface area contributed by atoms with Crippen molar-refractivity contribution in [2.75, 3.05) is 0 Å². The average Bonchev–Trinajstić information content (AvgIpc) is 3.30. The molecule has 0 spiro atoms. The topological polar surface area (TPSA) is 117 Å². The predicted molar refractivity (Wildman–Crippen MR) is 193 cm³/mol. The molecule has 2 aromatic carbocycles. The van der Waals surface area contributed by atoms with Crippen molar-refractivity contribution in [2.24, 2.45) is 11.8 Å². The van der Waals surface area contributed by atoms with E-state index in [1.165, 1.54) is 19.3 Å². The lowest BCUT2D eigenvalue weighted by atomic mass is 9.77. The van der Waals surface area contributed by atoms with Gasteiger partial charge < -0.3 is 30.0 Å². The van der Waals surface area contributed by atoms with E-state index in [2.05, 4.69) is 44.5 Å². The van der Waals surface area contributed by atoms with Crippen LogP contribution < -0.4 is 10.6 Å². The Morgan fingerprint density at radius 2 is 1.60 bits per heavy atom. The molecule has 1 saturated carbocycles. The van der Waals surface area contributed by atoms with Crippen molar-refractivity contribution in [1.29, 1.82) is 0 Å². The summed E-state index contributed by atoms with van der Waals surface area (Å²) in [4.78, 5) is 27.2. The van der Waals surface area contributed by atoms with Gasteiger partial charge in [-0.25, -0.2) is 4.79 Å². The van der Waals surface area contributed by atoms with Gasteiger partial charge in [0.1, 0.15) is 11.4 Å². The third-order valence-corrected chi connectivity index (χ3v) is 15.1. The SMILES string of the molecule is CC(C)(C)OC(=O)N[C@@H](CC1CCCCC1)[C@H](CCC(=O)N[C@H]1c2ccccc2C[C@H]1O)C(O[Si](C)(C)C(C)(C)C)c1ccc(O)cc1. The molecule has 0 radical (unpaired) electrons. The number of phenols is 1. The number of hydrogen-bond acceptors (Lipinski definition) is 6. The molecule has 8 nitrogen and oxygen atoms in total. The first kappa shape index (κ1) is 37.9. The van der Waals surface area contributed by atoms with E-state index in [9.17, 15) is 19.8 Å². The molecule has 2 amide bonds. The zero-order valence-electron chi connectivity index (χ0n) is 30.5. The van der Waals surface area contributed by atoms with E-state index in [1.807, 2.05) is 57.2 Å². The molecule has 4 N–H and O–H groups in total. The van der Waals surface area contributed by atoms with Gasteiger partial charge in [0.25, 0.3) is 0 Å². The van der Waals surface area contributed by atoms with E-state index in [4.69, 9.17) is 9.16 Å². The number of hydrogen-bond donors (Lipinski definition) is 4. The van der Waals surface area contributed by atoms with Crippen LogP contribution in [0.15, 0.2) is 48.5 Å². The number of aliphatic hydroxyl groups excluding tert-OH is 1. The molecule has 266 valence electrons. The van der Waals surface area contributed by atoms with Crippen LogP contribution in [-0.2, 0) is 20.4 Å². The summed E-state index contributed by atoms with van der Waals surface area (Å²) >= 11 is 0. The van der Waals surface area contributed by atoms with Crippen molar-refractivity contribution in [3.05, 3.63) is 65.2 Å². The maximum absolute atomic E-state index is 13.7. The molecule has 48 heavy (non-hydrogen) atoms. The van der Waals surface area contributed by atoms with E-state index in [0.29, 0.717) is 18.8 Å². The Balaban J connectivity index is 1.71. The molecule has 0 heterocycles. The van der Waals surface area contributed by atoms with Gasteiger partial charge in [-0.15, -0.1) is 0 Å². The van der Waals surface area contributed by atoms with Gasteiger partial charge in [-0.1, -0.05) is 89.3 Å². The third kappa shape index (κ3) is 10.3. The second-order valence-corrected chi connectivity index (χ2v) is 21.4. The van der Waals surface area contributed by atoms with Crippen molar-refractivity contribution >= 4 is 20.3 Å². The number of benzene rings is 2. The monoisotopic (exact) mass is 680 g/mol. The van der Waals surface area contributed by atoms with Crippen LogP contribution in [0.1, 0.15) is 122 Å². The number of amides is 2. The highest BCUT2D eigenvalue weighted by molar-refractivity contribution is 6.74. The fourth-order valence-electron chi connectivity index (χ4n) is 7.00. The largest absolute Gasteiger partial charge is 0.508 e. The maximum atomic E-state index is 13.7. The number of fused-ring (bicyclic) bond motifs is 1. The molecule has 0 aromatic heterocycles. The van der Waals surface area contributed by atoms with Crippen LogP contribution in [0.5, 0.6) is 5.75 Å². The van der Waals surface area contributed by atoms with Crippen LogP contribution in [0.2, 0.25) is 18.1 Å². The van der Waals surface area contributed by atoms with Crippen LogP contribution in [0, 0.1) is 11.8 Å². The molecule has 0 saturated heterocycles. The Labute approximate surface area is 289 Å². The molecule has 2 aliphatic rings. The first-order valence-corrected chi connectivity index (χ1v) is 20.9. The summed E-state index contributed by atoms with van der Waals surface area (Å²) in [6.07, 6.45) is 6.09. The van der Waals surface area contributed by atoms with Crippen LogP contribution in [-0.4, -0.2) is 48.3 Å². The molecular weight excluding hydrogens is 621 g/mol. The third-order valence-electron chi connectivity index (χ3n) is 10.6. The summed E-state index contributed by atoms with van der Waals surface area (Å²) in [6.45, 7) is 16.7. The van der Waals surface area contributed by atoms with Crippen molar-refractivity contribution in [3.63, 3.8) is 0 Å². The number of alkyl carbamates (subject to hydrolysis) is 1. The molecule has 2 aromatic rings. The number of phenolic OH excluding ortho intramolecular Hbond substituents is 1. The van der Waals surface area contributed by atoms with Gasteiger partial charge >= 0.3 is 6.09 Å². The smallest absolute Gasteiger partial charge is 0.407 e. The molecule has 0 aliphatic heterocycles. The first-order valence-electron chi connectivity index (χ1n) is 17.9. The van der Waals surface area contributed by atoms with E-state index >= 15 is 0 Å². The molecule has 4 rings (SSSR count). The quantitative estimate of drug-likeness (QED) is 0.167. The fraction of sp³-hybridized carbons (Fsp3) is 0.641. The summed E-state index contributed by atoms with van der Waals surface area (Å²) in [5.74, 6) is 0.186. The van der Waals surface area contributed by atoms with Gasteiger partial charge in [0.05, 0.1) is 18.2 Å². The van der Waals surface area contributed by atoms with E-state index in [0.717, 1.165) is 36.0 Å². The lowest BCUT2D eigenvalue weighted by Gasteiger charge is -2.44. The molecule has 2 aliphatic carbocycles. The zero-order chi connectivity index (χ0) is 35.3. The van der Waals surface area contributed by atoms with Crippen molar-refractivity contribution in [2.45, 2.75) is 147 Å². The van der Waals surface area contributed by atoms with Gasteiger partial charge in [-0.3, -0.25) is 4.79 Å². The molecule has 1 fully saturated rings. The van der Waals surface area contributed by atoms with Gasteiger partial charge in [0.15, 0.2) is 8.32 Å². The number of carbonyl (C=O) groups excluding carboxylic acids is 2. The number of ether oxygens (including phenoxy) is 1. The molecule has 5 atom stereocenters. The lowest BCUT2D eigenvalue weighted by Crippen LogP contribution is -2.49. The predicted octanol–water partition coefficient (Wildman–Crippen LogP) is 8.49. The number of aliphatic hydroxyl groups is 1. The van der Waals surface area contributed by atoms with Crippen molar-refractivity contribution in [1.82, 2.24) is 10.6 Å². The van der Waals surface area contributed by atoms with Gasteiger partial charge in [-0.05, 0) is 86.5 Å². The molecule has 0 bridgehead atoms. The van der Waals surface area contributed by atoms with Gasteiger partial charge in [-0.2, -0.15) is 0 Å². The normalized spacial score (nSPS) is 20.8. The van der Waals surface area contributed by atoms with E-state index < -0.39 is 38.3 Å². The minimum atomic E-state index is -2.38. The second kappa shape index (κ2) is 15.8. The van der Waals surface area contributed by atoms with E-state index in [-0.39, 0.29) is 35.1 Å². The molecular formula is C39H60N2O6Si. The Bertz CT molecular complexity index is 1360. The number of rotatable bonds is 12. The highest BCUT2D eigenvalue weighted by atomic mass is 28.4. The summed E-state index contributed by atoms with van der Waals surface area (Å²) in [7, 11) is -2.38. The summed E-state index contributed by atoms with van der Waals surface area (Å²) in [5, 5.41) is 27.4. The second-order valence-electron chi connectivity index (χ2n) is 16.6. The lowest BCUT2D eigenvalue weighted by molar-refractivity contribution is -0.123. The van der Waals surface area contributed by atoms with Crippen LogP contribution in [0.3, 0.4) is 0 Å². The number of nitrogens with one attached hydrogen (secondary N) is 2. The first-order chi connectivity index (χ1) is 22.4. The average molecular weight is 681 g/mol. The molecule has 9 heteroatoms. The van der Waals surface area contributed by atoms with Crippen LogP contribution >= 0.6 is 0 Å². The Hall–Kier alpha value is -2.88. The minimum Gasteiger partial charge on any atom is -0.508 e. The highest BCUT2D eigenvalue weighted by Gasteiger charge is 2.44. The number of carbonyl (C=O) groups is 2. The zero-order valence-corrected chi connectivity index (χ0v) is 31.5. The van der Waals surface area contributed by atoms with Crippen LogP contribution in [0.4, 0.5) is 4.79 Å². The fourth-order valence-corrected chi connectivity index (χ4v) is 8.30. The summed E-state index contributed by atoms with van der Waals surface area (Å²) in [5.41, 5.74) is 2.25. The standard InChI is InChI=1S/C39H60N2O6Si/c1-38(2,3)46-37(45)40-32(24-26-14-10-9-11-15-26)31(22-23-34(44)41-35-30-17-13-12-16-28(30)25-33(35)43)36(27-18-20-29(42)21-19-27)47-48(7,8)39(4,5)6/h12-13,16-21,26,31-33,35-36,42-43H,9-11,14-15,22-25H2,1-8H3,(H,40,45)(H,41,44)/t31-,32-,33+,35-,36?/m0/s1. The molecule has 1 unspecified atom stereocenters. The van der Waals surface area contributed by atoms with Crippen molar-refractivity contribution < 1.29 is 29.0 Å². The summed E-state index contributed by atoms with van der Waals surface area (Å²) < 4.78 is 13.1. The Morgan fingerprint density at radius 1 is 0.958 bits per heavy atom. The number of aromatic hydroxyl groups is 1.